The molecule has 5 nitrogen and oxygen atoms in total. The average Bonchev–Trinajstić information content (AvgIpc) is 2.17. The molecule has 78 valence electrons. The van der Waals surface area contributed by atoms with E-state index >= 15 is 0 Å². The number of hydrogen-bond donors (Lipinski definition) is 2. The lowest BCUT2D eigenvalue weighted by atomic mass is 10.4. The molecule has 1 aromatic heterocycles. The van der Waals surface area contributed by atoms with Gasteiger partial charge in [0, 0.05) is 25.4 Å². The van der Waals surface area contributed by atoms with Crippen LogP contribution in [0.25, 0.3) is 0 Å². The largest absolute Gasteiger partial charge is 0.476 e. The Morgan fingerprint density at radius 3 is 2.79 bits per heavy atom. The fraction of sp³-hybridized carbons (Fsp3) is 0.556. The van der Waals surface area contributed by atoms with Gasteiger partial charge in [-0.15, -0.1) is 0 Å². The number of ether oxygens (including phenoxy) is 1. The first-order valence-electron chi connectivity index (χ1n) is 4.57. The van der Waals surface area contributed by atoms with Gasteiger partial charge < -0.3 is 15.4 Å². The highest BCUT2D eigenvalue weighted by molar-refractivity contribution is 5.29. The number of aryl methyl sites for hydroxylation is 1. The smallest absolute Gasteiger partial charge is 0.225 e. The van der Waals surface area contributed by atoms with Crippen LogP contribution in [0.1, 0.15) is 5.69 Å². The summed E-state index contributed by atoms with van der Waals surface area (Å²) < 4.78 is 5.42. The summed E-state index contributed by atoms with van der Waals surface area (Å²) in [4.78, 5) is 8.31. The van der Waals surface area contributed by atoms with E-state index in [9.17, 15) is 0 Å². The van der Waals surface area contributed by atoms with Gasteiger partial charge in [-0.25, -0.2) is 4.98 Å². The standard InChI is InChI=1S/C9H16N4O/c1-7-6-8(14-5-4-10-2)13-9(11-3)12-7/h6,10H,4-5H2,1-3H3,(H,11,12,13). The second-order valence-electron chi connectivity index (χ2n) is 2.87. The first kappa shape index (κ1) is 10.7. The number of nitrogens with zero attached hydrogens (tertiary/aromatic N) is 2. The van der Waals surface area contributed by atoms with E-state index in [1.807, 2.05) is 20.0 Å². The van der Waals surface area contributed by atoms with Gasteiger partial charge in [-0.05, 0) is 14.0 Å². The number of anilines is 1. The third-order valence-electron chi connectivity index (χ3n) is 1.66. The topological polar surface area (TPSA) is 59.1 Å². The number of aromatic nitrogens is 2. The van der Waals surface area contributed by atoms with Crippen LogP contribution in [0.4, 0.5) is 5.95 Å². The van der Waals surface area contributed by atoms with Crippen molar-refractivity contribution in [3.8, 4) is 5.88 Å². The molecule has 0 fully saturated rings. The molecule has 5 heteroatoms. The van der Waals surface area contributed by atoms with Crippen LogP contribution in [0.15, 0.2) is 6.07 Å². The lowest BCUT2D eigenvalue weighted by Gasteiger charge is -2.06. The van der Waals surface area contributed by atoms with Gasteiger partial charge in [-0.3, -0.25) is 0 Å². The SMILES string of the molecule is CNCCOc1cc(C)nc(NC)n1. The van der Waals surface area contributed by atoms with Crippen LogP contribution in [-0.4, -0.2) is 37.2 Å². The minimum Gasteiger partial charge on any atom is -0.476 e. The molecular formula is C9H16N4O. The lowest BCUT2D eigenvalue weighted by Crippen LogP contribution is -2.16. The molecule has 2 N–H and O–H groups in total. The molecule has 0 atom stereocenters. The van der Waals surface area contributed by atoms with Crippen molar-refractivity contribution >= 4 is 5.95 Å². The fourth-order valence-electron chi connectivity index (χ4n) is 0.983. The molecule has 0 aliphatic rings. The van der Waals surface area contributed by atoms with Gasteiger partial charge in [0.05, 0.1) is 0 Å². The first-order valence-corrected chi connectivity index (χ1v) is 4.57. The molecule has 0 amide bonds. The van der Waals surface area contributed by atoms with E-state index in [0.29, 0.717) is 18.4 Å². The summed E-state index contributed by atoms with van der Waals surface area (Å²) in [5.74, 6) is 1.20. The average molecular weight is 196 g/mol. The summed E-state index contributed by atoms with van der Waals surface area (Å²) >= 11 is 0. The number of nitrogens with one attached hydrogen (secondary N) is 2. The Bertz CT molecular complexity index is 290. The van der Waals surface area contributed by atoms with Gasteiger partial charge in [0.25, 0.3) is 0 Å². The van der Waals surface area contributed by atoms with Crippen molar-refractivity contribution in [1.82, 2.24) is 15.3 Å². The molecule has 0 saturated heterocycles. The van der Waals surface area contributed by atoms with E-state index in [-0.39, 0.29) is 0 Å². The zero-order chi connectivity index (χ0) is 10.4. The van der Waals surface area contributed by atoms with Crippen molar-refractivity contribution < 1.29 is 4.74 Å². The van der Waals surface area contributed by atoms with Crippen LogP contribution in [0.3, 0.4) is 0 Å². The Labute approximate surface area is 83.9 Å². The quantitative estimate of drug-likeness (QED) is 0.669. The summed E-state index contributed by atoms with van der Waals surface area (Å²) in [5.41, 5.74) is 0.892. The zero-order valence-corrected chi connectivity index (χ0v) is 8.79. The zero-order valence-electron chi connectivity index (χ0n) is 8.79. The molecule has 0 bridgehead atoms. The van der Waals surface area contributed by atoms with Gasteiger partial charge in [0.15, 0.2) is 0 Å². The molecule has 1 heterocycles. The van der Waals surface area contributed by atoms with Crippen molar-refractivity contribution in [3.05, 3.63) is 11.8 Å². The highest BCUT2D eigenvalue weighted by Crippen LogP contribution is 2.10. The molecule has 0 radical (unpaired) electrons. The van der Waals surface area contributed by atoms with Gasteiger partial charge in [-0.1, -0.05) is 0 Å². The Kier molecular flexibility index (Phi) is 4.12. The number of likely N-dealkylation sites (N-methyl/N-ethyl adjacent to an activating group) is 1. The molecule has 0 aromatic carbocycles. The summed E-state index contributed by atoms with van der Waals surface area (Å²) in [6.07, 6.45) is 0. The Balaban J connectivity index is 2.62. The molecule has 1 rings (SSSR count). The minimum atomic E-state index is 0.587. The van der Waals surface area contributed by atoms with E-state index in [1.54, 1.807) is 7.05 Å². The maximum Gasteiger partial charge on any atom is 0.225 e. The highest BCUT2D eigenvalue weighted by atomic mass is 16.5. The van der Waals surface area contributed by atoms with Crippen LogP contribution in [0.2, 0.25) is 0 Å². The summed E-state index contributed by atoms with van der Waals surface area (Å²) in [6, 6.07) is 1.82. The van der Waals surface area contributed by atoms with Gasteiger partial charge in [0.2, 0.25) is 11.8 Å². The highest BCUT2D eigenvalue weighted by Gasteiger charge is 2.00. The first-order chi connectivity index (χ1) is 6.76. The lowest BCUT2D eigenvalue weighted by molar-refractivity contribution is 0.306. The van der Waals surface area contributed by atoms with Crippen LogP contribution in [-0.2, 0) is 0 Å². The van der Waals surface area contributed by atoms with E-state index in [0.717, 1.165) is 12.2 Å². The molecule has 0 unspecified atom stereocenters. The summed E-state index contributed by atoms with van der Waals surface area (Å²) in [6.45, 7) is 3.32. The maximum atomic E-state index is 5.42. The normalized spacial score (nSPS) is 9.93. The minimum absolute atomic E-state index is 0.587. The van der Waals surface area contributed by atoms with Crippen LogP contribution in [0, 0.1) is 6.92 Å². The fourth-order valence-corrected chi connectivity index (χ4v) is 0.983. The maximum absolute atomic E-state index is 5.42. The van der Waals surface area contributed by atoms with Gasteiger partial charge >= 0.3 is 0 Å². The molecular weight excluding hydrogens is 180 g/mol. The van der Waals surface area contributed by atoms with Gasteiger partial charge in [0.1, 0.15) is 6.61 Å². The molecule has 0 aliphatic carbocycles. The Hall–Kier alpha value is -1.36. The van der Waals surface area contributed by atoms with E-state index in [1.165, 1.54) is 0 Å². The monoisotopic (exact) mass is 196 g/mol. The van der Waals surface area contributed by atoms with Gasteiger partial charge in [-0.2, -0.15) is 4.98 Å². The number of rotatable bonds is 5. The Morgan fingerprint density at radius 2 is 2.14 bits per heavy atom. The van der Waals surface area contributed by atoms with Crippen molar-refractivity contribution in [3.63, 3.8) is 0 Å². The van der Waals surface area contributed by atoms with Crippen molar-refractivity contribution in [1.29, 1.82) is 0 Å². The summed E-state index contributed by atoms with van der Waals surface area (Å²) in [5, 5.41) is 5.88. The molecule has 0 spiro atoms. The molecule has 1 aromatic rings. The van der Waals surface area contributed by atoms with E-state index < -0.39 is 0 Å². The predicted molar refractivity (Wildman–Crippen MR) is 55.7 cm³/mol. The van der Waals surface area contributed by atoms with E-state index in [4.69, 9.17) is 4.74 Å². The van der Waals surface area contributed by atoms with Crippen molar-refractivity contribution in [2.45, 2.75) is 6.92 Å². The third-order valence-corrected chi connectivity index (χ3v) is 1.66. The molecule has 0 saturated carbocycles. The van der Waals surface area contributed by atoms with Crippen molar-refractivity contribution in [2.75, 3.05) is 32.6 Å². The second kappa shape index (κ2) is 5.39. The van der Waals surface area contributed by atoms with Crippen molar-refractivity contribution in [2.24, 2.45) is 0 Å². The predicted octanol–water partition coefficient (Wildman–Crippen LogP) is 0.425. The summed E-state index contributed by atoms with van der Waals surface area (Å²) in [7, 11) is 3.67. The van der Waals surface area contributed by atoms with Crippen LogP contribution in [0.5, 0.6) is 5.88 Å². The van der Waals surface area contributed by atoms with Crippen LogP contribution >= 0.6 is 0 Å². The van der Waals surface area contributed by atoms with E-state index in [2.05, 4.69) is 20.6 Å². The number of hydrogen-bond acceptors (Lipinski definition) is 5. The molecule has 0 aliphatic heterocycles. The second-order valence-corrected chi connectivity index (χ2v) is 2.87. The molecule has 14 heavy (non-hydrogen) atoms. The van der Waals surface area contributed by atoms with Crippen LogP contribution < -0.4 is 15.4 Å². The third kappa shape index (κ3) is 3.18. The Morgan fingerprint density at radius 1 is 1.36 bits per heavy atom.